The van der Waals surface area contributed by atoms with Crippen molar-refractivity contribution in [3.63, 3.8) is 0 Å². The molecule has 0 atom stereocenters. The number of carbonyl (C=O) groups excluding carboxylic acids is 1. The van der Waals surface area contributed by atoms with Gasteiger partial charge in [0.25, 0.3) is 0 Å². The lowest BCUT2D eigenvalue weighted by atomic mass is 10.1. The summed E-state index contributed by atoms with van der Waals surface area (Å²) in [4.78, 5) is 25.5. The number of halogens is 2. The van der Waals surface area contributed by atoms with E-state index < -0.39 is 11.7 Å². The minimum absolute atomic E-state index is 0.227. The molecular formula is C35H48F2N6O2. The number of fused-ring (bicyclic) bond motifs is 2. The molecular weight excluding hydrogens is 574 g/mol. The molecule has 1 amide bonds. The lowest BCUT2D eigenvalue weighted by molar-refractivity contribution is 0.0522. The van der Waals surface area contributed by atoms with Crippen LogP contribution in [0.4, 0.5) is 13.6 Å². The number of carbonyl (C=O) groups is 1. The first-order valence-electron chi connectivity index (χ1n) is 15.7. The summed E-state index contributed by atoms with van der Waals surface area (Å²) in [5, 5.41) is 3.82. The maximum absolute atomic E-state index is 14.2. The lowest BCUT2D eigenvalue weighted by Crippen LogP contribution is -2.33. The molecule has 0 radical (unpaired) electrons. The molecule has 0 saturated heterocycles. The molecule has 10 heteroatoms. The fourth-order valence-electron chi connectivity index (χ4n) is 4.93. The average molecular weight is 623 g/mol. The Morgan fingerprint density at radius 1 is 0.800 bits per heavy atom. The molecule has 0 unspecified atom stereocenters. The highest BCUT2D eigenvalue weighted by Gasteiger charge is 2.18. The Balaban J connectivity index is 0.000000257. The van der Waals surface area contributed by atoms with Crippen LogP contribution in [0.1, 0.15) is 71.0 Å². The normalized spacial score (nSPS) is 11.6. The second kappa shape index (κ2) is 16.5. The SMILES string of the molecule is CCN(CC)Cc1cc2c(F)cccc2nc1CN.CCN(CC)Cc1cc2c(F)cccc2nc1CNC(=O)OC(C)(C)C. The van der Waals surface area contributed by atoms with Gasteiger partial charge >= 0.3 is 6.09 Å². The molecule has 0 spiro atoms. The molecule has 4 aromatic rings. The summed E-state index contributed by atoms with van der Waals surface area (Å²) in [6.07, 6.45) is -0.493. The van der Waals surface area contributed by atoms with Crippen molar-refractivity contribution < 1.29 is 18.3 Å². The van der Waals surface area contributed by atoms with Gasteiger partial charge in [-0.1, -0.05) is 39.8 Å². The first-order valence-corrected chi connectivity index (χ1v) is 15.7. The Kier molecular flexibility index (Phi) is 13.1. The Morgan fingerprint density at radius 2 is 1.24 bits per heavy atom. The van der Waals surface area contributed by atoms with Crippen LogP contribution in [-0.4, -0.2) is 57.6 Å². The molecule has 0 saturated carbocycles. The highest BCUT2D eigenvalue weighted by Crippen LogP contribution is 2.22. The van der Waals surface area contributed by atoms with E-state index in [4.69, 9.17) is 10.5 Å². The summed E-state index contributed by atoms with van der Waals surface area (Å²) in [6, 6.07) is 13.5. The van der Waals surface area contributed by atoms with Crippen LogP contribution in [0.3, 0.4) is 0 Å². The lowest BCUT2D eigenvalue weighted by Gasteiger charge is -2.22. The molecule has 0 aliphatic carbocycles. The van der Waals surface area contributed by atoms with Crippen LogP contribution < -0.4 is 11.1 Å². The zero-order valence-corrected chi connectivity index (χ0v) is 27.7. The van der Waals surface area contributed by atoms with Crippen LogP contribution in [0.2, 0.25) is 0 Å². The fraction of sp³-hybridized carbons (Fsp3) is 0.457. The predicted octanol–water partition coefficient (Wildman–Crippen LogP) is 6.91. The third kappa shape index (κ3) is 10.1. The summed E-state index contributed by atoms with van der Waals surface area (Å²) < 4.78 is 33.3. The van der Waals surface area contributed by atoms with Crippen molar-refractivity contribution in [1.82, 2.24) is 25.1 Å². The minimum Gasteiger partial charge on any atom is -0.444 e. The summed E-state index contributed by atoms with van der Waals surface area (Å²) >= 11 is 0. The van der Waals surface area contributed by atoms with Gasteiger partial charge in [0.05, 0.1) is 29.0 Å². The number of rotatable bonds is 11. The van der Waals surface area contributed by atoms with Crippen LogP contribution in [0.5, 0.6) is 0 Å². The number of benzene rings is 2. The Morgan fingerprint density at radius 3 is 1.67 bits per heavy atom. The predicted molar refractivity (Wildman–Crippen MR) is 178 cm³/mol. The number of hydrogen-bond acceptors (Lipinski definition) is 7. The molecule has 0 aliphatic rings. The van der Waals surface area contributed by atoms with E-state index in [1.807, 2.05) is 39.0 Å². The molecule has 0 aliphatic heterocycles. The maximum Gasteiger partial charge on any atom is 0.407 e. The summed E-state index contributed by atoms with van der Waals surface area (Å²) in [5.74, 6) is -0.517. The van der Waals surface area contributed by atoms with E-state index in [0.717, 1.165) is 55.2 Å². The average Bonchev–Trinajstić information content (AvgIpc) is 3.01. The second-order valence-electron chi connectivity index (χ2n) is 11.8. The first kappa shape index (κ1) is 35.7. The van der Waals surface area contributed by atoms with Crippen molar-refractivity contribution in [2.45, 2.75) is 80.2 Å². The van der Waals surface area contributed by atoms with Gasteiger partial charge in [-0.3, -0.25) is 19.8 Å². The fourth-order valence-corrected chi connectivity index (χ4v) is 4.93. The van der Waals surface area contributed by atoms with Crippen LogP contribution in [0.25, 0.3) is 21.8 Å². The molecule has 0 fully saturated rings. The van der Waals surface area contributed by atoms with E-state index in [2.05, 4.69) is 52.8 Å². The van der Waals surface area contributed by atoms with E-state index in [0.29, 0.717) is 34.9 Å². The molecule has 244 valence electrons. The monoisotopic (exact) mass is 622 g/mol. The van der Waals surface area contributed by atoms with Crippen LogP contribution in [0, 0.1) is 11.6 Å². The highest BCUT2D eigenvalue weighted by molar-refractivity contribution is 5.81. The minimum atomic E-state index is -0.561. The van der Waals surface area contributed by atoms with Crippen molar-refractivity contribution in [2.75, 3.05) is 26.2 Å². The van der Waals surface area contributed by atoms with Crippen molar-refractivity contribution in [3.8, 4) is 0 Å². The van der Waals surface area contributed by atoms with Gasteiger partial charge in [0.2, 0.25) is 0 Å². The van der Waals surface area contributed by atoms with Crippen molar-refractivity contribution in [2.24, 2.45) is 5.73 Å². The molecule has 3 N–H and O–H groups in total. The van der Waals surface area contributed by atoms with E-state index in [1.165, 1.54) is 12.1 Å². The number of ether oxygens (including phenoxy) is 1. The van der Waals surface area contributed by atoms with Crippen LogP contribution in [-0.2, 0) is 30.9 Å². The van der Waals surface area contributed by atoms with E-state index >= 15 is 0 Å². The van der Waals surface area contributed by atoms with Gasteiger partial charge < -0.3 is 15.8 Å². The van der Waals surface area contributed by atoms with Gasteiger partial charge in [-0.2, -0.15) is 0 Å². The van der Waals surface area contributed by atoms with Crippen LogP contribution >= 0.6 is 0 Å². The number of hydrogen-bond donors (Lipinski definition) is 2. The van der Waals surface area contributed by atoms with Gasteiger partial charge in [0.1, 0.15) is 17.2 Å². The van der Waals surface area contributed by atoms with Crippen molar-refractivity contribution in [1.29, 1.82) is 0 Å². The molecule has 8 nitrogen and oxygen atoms in total. The largest absolute Gasteiger partial charge is 0.444 e. The smallest absolute Gasteiger partial charge is 0.407 e. The Labute approximate surface area is 266 Å². The van der Waals surface area contributed by atoms with Gasteiger partial charge in [0, 0.05) is 30.4 Å². The van der Waals surface area contributed by atoms with Gasteiger partial charge in [-0.05, 0) is 94.5 Å². The number of nitrogens with zero attached hydrogens (tertiary/aromatic N) is 4. The number of aromatic nitrogens is 2. The highest BCUT2D eigenvalue weighted by atomic mass is 19.1. The summed E-state index contributed by atoms with van der Waals surface area (Å²) in [5.41, 5.74) is 9.95. The number of nitrogens with two attached hydrogens (primary N) is 1. The van der Waals surface area contributed by atoms with Crippen molar-refractivity contribution >= 4 is 27.9 Å². The number of amides is 1. The van der Waals surface area contributed by atoms with Crippen molar-refractivity contribution in [3.05, 3.63) is 82.7 Å². The molecule has 45 heavy (non-hydrogen) atoms. The van der Waals surface area contributed by atoms with Crippen LogP contribution in [0.15, 0.2) is 48.5 Å². The topological polar surface area (TPSA) is 96.6 Å². The third-order valence-electron chi connectivity index (χ3n) is 7.52. The molecule has 4 rings (SSSR count). The number of alkyl carbamates (subject to hydrolysis) is 1. The molecule has 2 aromatic heterocycles. The quantitative estimate of drug-likeness (QED) is 0.188. The van der Waals surface area contributed by atoms with Gasteiger partial charge in [-0.15, -0.1) is 0 Å². The standard InChI is InChI=1S/C20H28FN3O2.C15H20FN3/c1-6-24(7-2)13-14-11-15-16(21)9-8-10-17(15)23-18(14)12-22-19(25)26-20(3,4)5;1-3-19(4-2)10-11-8-12-13(16)6-5-7-14(12)18-15(11)9-17/h8-11H,6-7,12-13H2,1-5H3,(H,22,25);5-8H,3-4,9-10,17H2,1-2H3. The molecule has 0 bridgehead atoms. The second-order valence-corrected chi connectivity index (χ2v) is 11.8. The Bertz CT molecular complexity index is 1570. The molecule has 2 aromatic carbocycles. The summed E-state index contributed by atoms with van der Waals surface area (Å²) in [7, 11) is 0. The summed E-state index contributed by atoms with van der Waals surface area (Å²) in [6.45, 7) is 19.5. The van der Waals surface area contributed by atoms with E-state index in [9.17, 15) is 13.6 Å². The number of pyridine rings is 2. The third-order valence-corrected chi connectivity index (χ3v) is 7.52. The maximum atomic E-state index is 14.2. The van der Waals surface area contributed by atoms with E-state index in [-0.39, 0.29) is 18.2 Å². The Hall–Kier alpha value is -3.73. The zero-order chi connectivity index (χ0) is 33.1. The van der Waals surface area contributed by atoms with E-state index in [1.54, 1.807) is 18.2 Å². The zero-order valence-electron chi connectivity index (χ0n) is 27.7. The molecule has 2 heterocycles. The van der Waals surface area contributed by atoms with Gasteiger partial charge in [-0.25, -0.2) is 13.6 Å². The number of nitrogens with one attached hydrogen (secondary N) is 1. The van der Waals surface area contributed by atoms with Gasteiger partial charge in [0.15, 0.2) is 0 Å². The first-order chi connectivity index (χ1) is 21.4.